The summed E-state index contributed by atoms with van der Waals surface area (Å²) in [5, 5.41) is 9.67. The summed E-state index contributed by atoms with van der Waals surface area (Å²) >= 11 is 0. The number of fused-ring (bicyclic) bond motifs is 3. The Morgan fingerprint density at radius 2 is 0.804 bits per heavy atom. The molecule has 3 nitrogen and oxygen atoms in total. The van der Waals surface area contributed by atoms with Gasteiger partial charge >= 0.3 is 0 Å². The topological polar surface area (TPSA) is 19.6 Å². The third kappa shape index (κ3) is 4.74. The minimum absolute atomic E-state index is 0.880. The zero-order valence-corrected chi connectivity index (χ0v) is 28.5. The Bertz CT molecular complexity index is 2870. The van der Waals surface area contributed by atoms with Gasteiger partial charge in [-0.2, -0.15) is 0 Å². The molecule has 10 rings (SSSR count). The van der Waals surface area contributed by atoms with Crippen LogP contribution >= 0.6 is 0 Å². The van der Waals surface area contributed by atoms with E-state index < -0.39 is 0 Å². The van der Waals surface area contributed by atoms with Crippen molar-refractivity contribution in [2.45, 2.75) is 13.8 Å². The molecule has 0 saturated heterocycles. The molecule has 3 heteroatoms. The van der Waals surface area contributed by atoms with E-state index in [1.807, 2.05) is 12.1 Å². The maximum atomic E-state index is 6.40. The molecule has 10 aromatic rings. The second kappa shape index (κ2) is 11.5. The summed E-state index contributed by atoms with van der Waals surface area (Å²) < 4.78 is 6.40. The highest BCUT2D eigenvalue weighted by Crippen LogP contribution is 2.48. The van der Waals surface area contributed by atoms with Gasteiger partial charge in [-0.05, 0) is 102 Å². The maximum absolute atomic E-state index is 6.40. The first-order chi connectivity index (χ1) is 25.1. The van der Waals surface area contributed by atoms with E-state index in [2.05, 4.69) is 181 Å². The number of nitrogens with zero attached hydrogens (tertiary/aromatic N) is 2. The van der Waals surface area contributed by atoms with E-state index in [0.29, 0.717) is 0 Å². The van der Waals surface area contributed by atoms with Crippen molar-refractivity contribution < 1.29 is 4.42 Å². The smallest absolute Gasteiger partial charge is 0.137 e. The lowest BCUT2D eigenvalue weighted by molar-refractivity contribution is 0.669. The van der Waals surface area contributed by atoms with Crippen molar-refractivity contribution in [2.75, 3.05) is 9.80 Å². The van der Waals surface area contributed by atoms with Gasteiger partial charge in [0.05, 0.1) is 11.4 Å². The first-order valence-electron chi connectivity index (χ1n) is 17.5. The van der Waals surface area contributed by atoms with E-state index in [1.54, 1.807) is 0 Å². The van der Waals surface area contributed by atoms with E-state index in [0.717, 1.165) is 56.1 Å². The molecule has 0 amide bonds. The van der Waals surface area contributed by atoms with Crippen LogP contribution in [-0.4, -0.2) is 0 Å². The Balaban J connectivity index is 1.22. The Morgan fingerprint density at radius 3 is 1.41 bits per heavy atom. The van der Waals surface area contributed by atoms with Gasteiger partial charge in [0.1, 0.15) is 11.2 Å². The Hall–Kier alpha value is -6.58. The number of benzene rings is 9. The molecular weight excluding hydrogens is 621 g/mol. The van der Waals surface area contributed by atoms with Gasteiger partial charge in [0, 0.05) is 50.4 Å². The first-order valence-corrected chi connectivity index (χ1v) is 17.5. The molecule has 0 radical (unpaired) electrons. The fraction of sp³-hybridized carbons (Fsp3) is 0.0417. The van der Waals surface area contributed by atoms with Gasteiger partial charge in [-0.3, -0.25) is 0 Å². The molecule has 9 aromatic carbocycles. The van der Waals surface area contributed by atoms with E-state index in [4.69, 9.17) is 4.42 Å². The van der Waals surface area contributed by atoms with Crippen LogP contribution in [0.5, 0.6) is 0 Å². The van der Waals surface area contributed by atoms with Crippen LogP contribution in [0.2, 0.25) is 0 Å². The average molecular weight is 655 g/mol. The van der Waals surface area contributed by atoms with Crippen LogP contribution in [0.25, 0.3) is 54.3 Å². The number of para-hydroxylation sites is 2. The summed E-state index contributed by atoms with van der Waals surface area (Å²) in [6.45, 7) is 4.27. The molecule has 1 heterocycles. The van der Waals surface area contributed by atoms with Gasteiger partial charge in [0.25, 0.3) is 0 Å². The van der Waals surface area contributed by atoms with E-state index in [9.17, 15) is 0 Å². The molecule has 0 spiro atoms. The number of hydrogen-bond donors (Lipinski definition) is 0. The predicted octanol–water partition coefficient (Wildman–Crippen LogP) is 14.0. The molecule has 0 bridgehead atoms. The molecule has 242 valence electrons. The molecule has 0 aliphatic rings. The van der Waals surface area contributed by atoms with Crippen molar-refractivity contribution in [3.8, 4) is 0 Å². The molecule has 0 unspecified atom stereocenters. The molecule has 0 N–H and O–H groups in total. The van der Waals surface area contributed by atoms with Crippen LogP contribution < -0.4 is 9.80 Å². The van der Waals surface area contributed by atoms with Crippen molar-refractivity contribution in [3.05, 3.63) is 181 Å². The monoisotopic (exact) mass is 654 g/mol. The van der Waals surface area contributed by atoms with Gasteiger partial charge in [-0.1, -0.05) is 108 Å². The SMILES string of the molecule is Cc1ccc(N(c2ccccc2)c2ccc3ccc4c(N(c5ccc(C)cc5)c5ccc6c(c5)oc5ccccc56)ccc5ccc2c3c54)cc1. The fourth-order valence-electron chi connectivity index (χ4n) is 7.83. The van der Waals surface area contributed by atoms with Gasteiger partial charge in [-0.25, -0.2) is 0 Å². The second-order valence-electron chi connectivity index (χ2n) is 13.5. The quantitative estimate of drug-likeness (QED) is 0.166. The van der Waals surface area contributed by atoms with Crippen molar-refractivity contribution in [2.24, 2.45) is 0 Å². The van der Waals surface area contributed by atoms with Crippen LogP contribution in [0.3, 0.4) is 0 Å². The average Bonchev–Trinajstić information content (AvgIpc) is 3.55. The molecule has 51 heavy (non-hydrogen) atoms. The van der Waals surface area contributed by atoms with Crippen LogP contribution in [0.15, 0.2) is 174 Å². The van der Waals surface area contributed by atoms with Crippen LogP contribution in [0.1, 0.15) is 11.1 Å². The zero-order chi connectivity index (χ0) is 34.1. The summed E-state index contributed by atoms with van der Waals surface area (Å²) in [5.74, 6) is 0. The molecular formula is C48H34N2O. The molecule has 1 aromatic heterocycles. The summed E-state index contributed by atoms with van der Waals surface area (Å²) in [6.07, 6.45) is 0. The number of rotatable bonds is 6. The molecule has 0 aliphatic heterocycles. The zero-order valence-electron chi connectivity index (χ0n) is 28.5. The van der Waals surface area contributed by atoms with E-state index in [-0.39, 0.29) is 0 Å². The predicted molar refractivity (Wildman–Crippen MR) is 216 cm³/mol. The molecule has 0 fully saturated rings. The minimum atomic E-state index is 0.880. The maximum Gasteiger partial charge on any atom is 0.137 e. The van der Waals surface area contributed by atoms with Crippen molar-refractivity contribution in [1.29, 1.82) is 0 Å². The number of aryl methyl sites for hydroxylation is 2. The van der Waals surface area contributed by atoms with Crippen LogP contribution in [0.4, 0.5) is 34.1 Å². The number of furan rings is 1. The highest BCUT2D eigenvalue weighted by atomic mass is 16.3. The number of anilines is 6. The Morgan fingerprint density at radius 1 is 0.353 bits per heavy atom. The van der Waals surface area contributed by atoms with Gasteiger partial charge in [0.15, 0.2) is 0 Å². The van der Waals surface area contributed by atoms with Gasteiger partial charge in [0.2, 0.25) is 0 Å². The third-order valence-electron chi connectivity index (χ3n) is 10.3. The summed E-state index contributed by atoms with van der Waals surface area (Å²) in [4.78, 5) is 4.76. The summed E-state index contributed by atoms with van der Waals surface area (Å²) in [5.41, 5.74) is 10.9. The number of hydrogen-bond acceptors (Lipinski definition) is 3. The summed E-state index contributed by atoms with van der Waals surface area (Å²) in [7, 11) is 0. The molecule has 0 saturated carbocycles. The lowest BCUT2D eigenvalue weighted by Crippen LogP contribution is -2.11. The Labute approximate surface area is 296 Å². The Kier molecular flexibility index (Phi) is 6.62. The third-order valence-corrected chi connectivity index (χ3v) is 10.3. The first kappa shape index (κ1) is 29.3. The minimum Gasteiger partial charge on any atom is -0.456 e. The molecule has 0 atom stereocenters. The lowest BCUT2D eigenvalue weighted by atomic mass is 9.91. The van der Waals surface area contributed by atoms with Crippen molar-refractivity contribution in [3.63, 3.8) is 0 Å². The highest BCUT2D eigenvalue weighted by Gasteiger charge is 2.22. The molecule has 0 aliphatic carbocycles. The van der Waals surface area contributed by atoms with E-state index >= 15 is 0 Å². The van der Waals surface area contributed by atoms with E-state index in [1.165, 1.54) is 43.4 Å². The standard InChI is InChI=1S/C48H34N2O/c1-31-12-20-36(21-13-31)49(35-8-4-3-5-9-35)43-28-18-33-17-26-42-44(29-19-34-16-25-41(43)47(33)48(34)42)50(37-22-14-32(2)15-23-37)38-24-27-40-39-10-6-7-11-45(39)51-46(40)30-38/h3-30H,1-2H3. The van der Waals surface area contributed by atoms with Gasteiger partial charge in [-0.15, -0.1) is 0 Å². The highest BCUT2D eigenvalue weighted by molar-refractivity contribution is 6.28. The van der Waals surface area contributed by atoms with Crippen LogP contribution in [0, 0.1) is 13.8 Å². The van der Waals surface area contributed by atoms with Crippen molar-refractivity contribution in [1.82, 2.24) is 0 Å². The summed E-state index contributed by atoms with van der Waals surface area (Å²) in [6, 6.07) is 61.5. The largest absolute Gasteiger partial charge is 0.456 e. The normalized spacial score (nSPS) is 11.7. The van der Waals surface area contributed by atoms with Gasteiger partial charge < -0.3 is 14.2 Å². The van der Waals surface area contributed by atoms with Crippen LogP contribution in [-0.2, 0) is 0 Å². The second-order valence-corrected chi connectivity index (χ2v) is 13.5. The van der Waals surface area contributed by atoms with Crippen molar-refractivity contribution >= 4 is 88.4 Å². The lowest BCUT2D eigenvalue weighted by Gasteiger charge is -2.29. The fourth-order valence-corrected chi connectivity index (χ4v) is 7.83.